The van der Waals surface area contributed by atoms with Crippen LogP contribution in [0.1, 0.15) is 59.2 Å². The minimum atomic E-state index is -4.48. The third-order valence-electron chi connectivity index (χ3n) is 7.85. The van der Waals surface area contributed by atoms with Crippen molar-refractivity contribution in [2.24, 2.45) is 0 Å². The van der Waals surface area contributed by atoms with Gasteiger partial charge in [-0.1, -0.05) is 74.1 Å². The second-order valence-electron chi connectivity index (χ2n) is 10.8. The van der Waals surface area contributed by atoms with Crippen LogP contribution in [-0.2, 0) is 42.7 Å². The number of amides is 1. The molecule has 1 aliphatic rings. The van der Waals surface area contributed by atoms with E-state index in [9.17, 15) is 27.2 Å². The lowest BCUT2D eigenvalue weighted by molar-refractivity contribution is -0.137. The van der Waals surface area contributed by atoms with Crippen molar-refractivity contribution >= 4 is 17.7 Å². The first-order valence-electron chi connectivity index (χ1n) is 18.9. The van der Waals surface area contributed by atoms with Gasteiger partial charge in [-0.15, -0.1) is 0 Å². The molecule has 0 saturated heterocycles. The highest BCUT2D eigenvalue weighted by molar-refractivity contribution is 7.98. The Morgan fingerprint density at radius 1 is 0.957 bits per heavy atom. The first kappa shape index (κ1) is 25.1. The van der Waals surface area contributed by atoms with Gasteiger partial charge in [0, 0.05) is 42.1 Å². The number of carbonyl (C=O) groups is 1. The van der Waals surface area contributed by atoms with E-state index in [0.717, 1.165) is 28.8 Å². The fourth-order valence-electron chi connectivity index (χ4n) is 5.35. The Kier molecular flexibility index (Phi) is 8.17. The molecule has 4 aromatic rings. The highest BCUT2D eigenvalue weighted by Gasteiger charge is 2.30. The van der Waals surface area contributed by atoms with Crippen LogP contribution in [0.25, 0.3) is 11.1 Å². The molecule has 6 nitrogen and oxygen atoms in total. The molecule has 1 amide bonds. The van der Waals surface area contributed by atoms with Crippen molar-refractivity contribution in [1.82, 2.24) is 19.4 Å². The van der Waals surface area contributed by atoms with Crippen LogP contribution in [0.5, 0.6) is 0 Å². The van der Waals surface area contributed by atoms with Crippen molar-refractivity contribution < 1.29 is 33.3 Å². The van der Waals surface area contributed by atoms with Crippen LogP contribution in [0, 0.1) is 5.82 Å². The summed E-state index contributed by atoms with van der Waals surface area (Å²) in [6.45, 7) is -2.50. The quantitative estimate of drug-likeness (QED) is 0.0852. The lowest BCUT2D eigenvalue weighted by Gasteiger charge is -2.28. The van der Waals surface area contributed by atoms with Gasteiger partial charge in [0.1, 0.15) is 12.4 Å². The zero-order chi connectivity index (χ0) is 40.6. The van der Waals surface area contributed by atoms with E-state index in [-0.39, 0.29) is 42.7 Å². The highest BCUT2D eigenvalue weighted by Crippen LogP contribution is 2.31. The summed E-state index contributed by atoms with van der Waals surface area (Å²) in [5, 5.41) is 0.0671. The van der Waals surface area contributed by atoms with Gasteiger partial charge in [0.05, 0.1) is 11.0 Å². The van der Waals surface area contributed by atoms with Crippen LogP contribution in [0.2, 0.25) is 0 Å². The summed E-state index contributed by atoms with van der Waals surface area (Å²) in [5.74, 6) is -2.01. The maximum absolute atomic E-state index is 14.3. The van der Waals surface area contributed by atoms with Gasteiger partial charge in [0.2, 0.25) is 5.91 Å². The summed E-state index contributed by atoms with van der Waals surface area (Å²) in [5.41, 5.74) is 1.37. The Morgan fingerprint density at radius 2 is 1.60 bits per heavy atom. The molecule has 5 rings (SSSR count). The zero-order valence-electron chi connectivity index (χ0n) is 33.8. The predicted octanol–water partition coefficient (Wildman–Crippen LogP) is 7.22. The Bertz CT molecular complexity index is 2080. The number of hydrogen-bond acceptors (Lipinski definition) is 5. The van der Waals surface area contributed by atoms with Crippen molar-refractivity contribution in [3.05, 3.63) is 117 Å². The Morgan fingerprint density at radius 3 is 2.21 bits per heavy atom. The Balaban J connectivity index is 1.46. The fourth-order valence-corrected chi connectivity index (χ4v) is 6.25. The Hall–Kier alpha value is -3.96. The van der Waals surface area contributed by atoms with Crippen LogP contribution < -0.4 is 5.56 Å². The molecule has 0 saturated carbocycles. The topological polar surface area (TPSA) is 58.4 Å². The third kappa shape index (κ3) is 8.70. The summed E-state index contributed by atoms with van der Waals surface area (Å²) in [4.78, 5) is 34.0. The van der Waals surface area contributed by atoms with Crippen molar-refractivity contribution in [2.45, 2.75) is 63.3 Å². The zero-order valence-corrected chi connectivity index (χ0v) is 26.6. The molecule has 248 valence electrons. The number of carbonyl (C=O) groups excluding carboxylic acids is 1. The van der Waals surface area contributed by atoms with E-state index in [0.29, 0.717) is 47.2 Å². The van der Waals surface area contributed by atoms with Gasteiger partial charge in [-0.05, 0) is 78.7 Å². The molecule has 1 aromatic heterocycles. The maximum Gasteiger partial charge on any atom is 0.416 e. The number of nitrogens with zero attached hydrogens (tertiary/aromatic N) is 4. The molecule has 0 spiro atoms. The van der Waals surface area contributed by atoms with E-state index in [1.54, 1.807) is 28.8 Å². The molecular weight excluding hydrogens is 628 g/mol. The van der Waals surface area contributed by atoms with Gasteiger partial charge < -0.3 is 14.4 Å². The minimum absolute atomic E-state index is 0.0176. The van der Waals surface area contributed by atoms with Crippen molar-refractivity contribution in [3.63, 3.8) is 0 Å². The van der Waals surface area contributed by atoms with E-state index >= 15 is 0 Å². The van der Waals surface area contributed by atoms with E-state index in [1.807, 2.05) is 0 Å². The molecule has 0 atom stereocenters. The lowest BCUT2D eigenvalue weighted by atomic mass is 10.0. The van der Waals surface area contributed by atoms with E-state index < -0.39 is 66.2 Å². The first-order chi connectivity index (χ1) is 25.6. The van der Waals surface area contributed by atoms with Gasteiger partial charge in [-0.25, -0.2) is 4.39 Å². The number of halogens is 4. The fraction of sp³-hybridized carbons (Fsp3) is 0.361. The van der Waals surface area contributed by atoms with Crippen LogP contribution in [0.15, 0.2) is 82.7 Å². The molecule has 0 radical (unpaired) electrons. The summed E-state index contributed by atoms with van der Waals surface area (Å²) in [6, 6.07) is 8.63. The molecule has 0 fully saturated rings. The molecule has 47 heavy (non-hydrogen) atoms. The molecule has 0 aliphatic heterocycles. The average Bonchev–Trinajstić information content (AvgIpc) is 3.61. The van der Waals surface area contributed by atoms with Gasteiger partial charge in [-0.2, -0.15) is 18.2 Å². The standard InChI is InChI=1S/C36H38F4N4O2S/c1-3-42(4-2)20-21-43(22-25-8-12-27(13-9-25)28-14-16-29(17-15-28)36(38,39)40)33(45)23-44-32-7-5-6-31(32)34(46)41-35(44)47-24-26-10-18-30(37)19-11-26/h8-19H,3-7,20-24H2,1-2H3/i3D2,4D2,10D,11D,18D,19D. The number of benzene rings is 3. The van der Waals surface area contributed by atoms with Crippen LogP contribution in [-0.4, -0.2) is 51.3 Å². The molecule has 0 bridgehead atoms. The Labute approximate surface area is 287 Å². The largest absolute Gasteiger partial charge is 0.416 e. The lowest BCUT2D eigenvalue weighted by Crippen LogP contribution is -2.40. The smallest absolute Gasteiger partial charge is 0.336 e. The second-order valence-corrected chi connectivity index (χ2v) is 11.8. The molecule has 0 unspecified atom stereocenters. The molecule has 11 heteroatoms. The number of thioether (sulfide) groups is 1. The van der Waals surface area contributed by atoms with E-state index in [1.165, 1.54) is 30.9 Å². The molecule has 1 aliphatic carbocycles. The van der Waals surface area contributed by atoms with E-state index in [4.69, 9.17) is 11.0 Å². The second kappa shape index (κ2) is 15.3. The van der Waals surface area contributed by atoms with Crippen molar-refractivity contribution in [3.8, 4) is 11.1 Å². The molecular formula is C36H38F4N4O2S. The summed E-state index contributed by atoms with van der Waals surface area (Å²) >= 11 is 0.898. The highest BCUT2D eigenvalue weighted by atomic mass is 32.2. The minimum Gasteiger partial charge on any atom is -0.336 e. The number of alkyl halides is 3. The van der Waals surface area contributed by atoms with Gasteiger partial charge >= 0.3 is 6.18 Å². The van der Waals surface area contributed by atoms with Gasteiger partial charge in [0.15, 0.2) is 5.16 Å². The number of hydrogen-bond donors (Lipinski definition) is 0. The van der Waals surface area contributed by atoms with Gasteiger partial charge in [0.25, 0.3) is 5.56 Å². The third-order valence-corrected chi connectivity index (χ3v) is 8.85. The SMILES string of the molecule is [2H]c1c([2H])c(CSc2nc(=O)c3c(n2CC(=O)N(CCN(C([2H])([2H])C)C([2H])([2H])C)Cc2ccc(-c4ccc(C(F)(F)F)cc4)cc2)CCC3)c([2H])c([2H])c1F. The number of likely N-dealkylation sites (N-methyl/N-ethyl adjacent to an activating group) is 1. The van der Waals surface area contributed by atoms with E-state index in [2.05, 4.69) is 4.98 Å². The normalized spacial score (nSPS) is 15.9. The van der Waals surface area contributed by atoms with Crippen LogP contribution in [0.4, 0.5) is 17.6 Å². The predicted molar refractivity (Wildman–Crippen MR) is 177 cm³/mol. The molecule has 1 heterocycles. The molecule has 0 N–H and O–H groups in total. The molecule has 3 aromatic carbocycles. The number of rotatable bonds is 13. The summed E-state index contributed by atoms with van der Waals surface area (Å²) in [7, 11) is 0. The number of aromatic nitrogens is 2. The maximum atomic E-state index is 14.3. The van der Waals surface area contributed by atoms with Crippen LogP contribution >= 0.6 is 11.8 Å². The number of fused-ring (bicyclic) bond motifs is 1. The summed E-state index contributed by atoms with van der Waals surface area (Å²) in [6.07, 6.45) is -2.99. The first-order valence-corrected chi connectivity index (χ1v) is 15.9. The van der Waals surface area contributed by atoms with Crippen molar-refractivity contribution in [1.29, 1.82) is 0 Å². The van der Waals surface area contributed by atoms with Crippen LogP contribution in [0.3, 0.4) is 0 Å². The summed E-state index contributed by atoms with van der Waals surface area (Å²) < 4.78 is 120. The monoisotopic (exact) mass is 674 g/mol. The average molecular weight is 675 g/mol. The van der Waals surface area contributed by atoms with Crippen molar-refractivity contribution in [2.75, 3.05) is 26.1 Å². The van der Waals surface area contributed by atoms with Gasteiger partial charge in [-0.3, -0.25) is 9.59 Å².